The molecule has 9 nitrogen and oxygen atoms in total. The fourth-order valence-electron chi connectivity index (χ4n) is 4.48. The molecule has 1 unspecified atom stereocenters. The summed E-state index contributed by atoms with van der Waals surface area (Å²) in [6, 6.07) is 8.47. The van der Waals surface area contributed by atoms with Gasteiger partial charge in [-0.15, -0.1) is 0 Å². The molecule has 2 aromatic carbocycles. The van der Waals surface area contributed by atoms with Gasteiger partial charge in [-0.25, -0.2) is 13.2 Å². The molecular weight excluding hydrogens is 472 g/mol. The van der Waals surface area contributed by atoms with E-state index < -0.39 is 15.8 Å². The molecule has 0 radical (unpaired) electrons. The van der Waals surface area contributed by atoms with Crippen LogP contribution in [0.5, 0.6) is 17.2 Å². The average molecular weight is 507 g/mol. The molecule has 1 aliphatic rings. The topological polar surface area (TPSA) is 94.6 Å². The van der Waals surface area contributed by atoms with Crippen molar-refractivity contribution in [1.82, 2.24) is 9.80 Å². The highest BCUT2D eigenvalue weighted by atomic mass is 32.2. The molecule has 1 atom stereocenters. The van der Waals surface area contributed by atoms with Crippen LogP contribution >= 0.6 is 0 Å². The molecule has 1 saturated heterocycles. The number of hydrogen-bond acceptors (Lipinski definition) is 9. The predicted octanol–water partition coefficient (Wildman–Crippen LogP) is 2.78. The van der Waals surface area contributed by atoms with Crippen molar-refractivity contribution >= 4 is 15.8 Å². The van der Waals surface area contributed by atoms with Gasteiger partial charge in [0.05, 0.1) is 38.9 Å². The minimum Gasteiger partial charge on any atom is -0.493 e. The molecule has 0 aliphatic carbocycles. The Hall–Kier alpha value is -2.82. The van der Waals surface area contributed by atoms with Crippen LogP contribution in [0.15, 0.2) is 35.2 Å². The first-order valence-electron chi connectivity index (χ1n) is 11.3. The molecule has 1 aliphatic heterocycles. The molecule has 1 heterocycles. The van der Waals surface area contributed by atoms with Crippen LogP contribution < -0.4 is 14.2 Å². The molecule has 0 spiro atoms. The minimum atomic E-state index is -3.53. The van der Waals surface area contributed by atoms with Crippen molar-refractivity contribution in [2.75, 3.05) is 60.9 Å². The predicted molar refractivity (Wildman–Crippen MR) is 132 cm³/mol. The second-order valence-electron chi connectivity index (χ2n) is 8.50. The Bertz CT molecular complexity index is 1160. The van der Waals surface area contributed by atoms with Gasteiger partial charge in [0.25, 0.3) is 0 Å². The van der Waals surface area contributed by atoms with E-state index in [0.29, 0.717) is 29.4 Å². The molecule has 2 aromatic rings. The number of esters is 1. The van der Waals surface area contributed by atoms with Crippen LogP contribution in [0.1, 0.15) is 34.5 Å². The maximum atomic E-state index is 12.5. The molecule has 0 aromatic heterocycles. The number of nitrogens with zero attached hydrogens (tertiary/aromatic N) is 2. The number of hydrogen-bond donors (Lipinski definition) is 0. The van der Waals surface area contributed by atoms with E-state index in [1.54, 1.807) is 33.5 Å². The van der Waals surface area contributed by atoms with Crippen LogP contribution in [-0.2, 0) is 21.1 Å². The van der Waals surface area contributed by atoms with E-state index in [4.69, 9.17) is 18.9 Å². The highest BCUT2D eigenvalue weighted by Crippen LogP contribution is 2.40. The van der Waals surface area contributed by atoms with Crippen LogP contribution in [0.25, 0.3) is 0 Å². The lowest BCUT2D eigenvalue weighted by atomic mass is 10.0. The molecule has 35 heavy (non-hydrogen) atoms. The van der Waals surface area contributed by atoms with E-state index in [-0.39, 0.29) is 16.5 Å². The highest BCUT2D eigenvalue weighted by Gasteiger charge is 2.28. The zero-order valence-electron chi connectivity index (χ0n) is 21.2. The maximum absolute atomic E-state index is 12.5. The average Bonchev–Trinajstić information content (AvgIpc) is 2.86. The fourth-order valence-corrected chi connectivity index (χ4v) is 5.49. The van der Waals surface area contributed by atoms with Gasteiger partial charge in [-0.05, 0) is 30.7 Å². The van der Waals surface area contributed by atoms with E-state index in [1.165, 1.54) is 13.2 Å². The van der Waals surface area contributed by atoms with Gasteiger partial charge < -0.3 is 18.9 Å². The lowest BCUT2D eigenvalue weighted by Crippen LogP contribution is -2.46. The molecule has 0 saturated carbocycles. The lowest BCUT2D eigenvalue weighted by molar-refractivity contribution is 0.0600. The van der Waals surface area contributed by atoms with Gasteiger partial charge in [0, 0.05) is 50.6 Å². The van der Waals surface area contributed by atoms with E-state index in [9.17, 15) is 13.2 Å². The number of benzene rings is 2. The number of sulfone groups is 1. The largest absolute Gasteiger partial charge is 0.493 e. The van der Waals surface area contributed by atoms with Gasteiger partial charge in [-0.2, -0.15) is 0 Å². The van der Waals surface area contributed by atoms with Gasteiger partial charge in [0.1, 0.15) is 0 Å². The monoisotopic (exact) mass is 506 g/mol. The van der Waals surface area contributed by atoms with Crippen molar-refractivity contribution in [3.05, 3.63) is 47.0 Å². The normalized spacial score (nSPS) is 15.9. The van der Waals surface area contributed by atoms with Gasteiger partial charge in [-0.1, -0.05) is 12.1 Å². The van der Waals surface area contributed by atoms with Crippen molar-refractivity contribution in [3.63, 3.8) is 0 Å². The summed E-state index contributed by atoms with van der Waals surface area (Å²) >= 11 is 0. The number of carbonyl (C=O) groups excluding carboxylic acids is 1. The lowest BCUT2D eigenvalue weighted by Gasteiger charge is -2.38. The Kier molecular flexibility index (Phi) is 8.63. The van der Waals surface area contributed by atoms with Crippen molar-refractivity contribution in [3.8, 4) is 17.2 Å². The molecule has 1 fully saturated rings. The van der Waals surface area contributed by atoms with Crippen molar-refractivity contribution < 1.29 is 32.2 Å². The first kappa shape index (κ1) is 26.8. The Morgan fingerprint density at radius 1 is 0.943 bits per heavy atom. The Labute approximate surface area is 207 Å². The van der Waals surface area contributed by atoms with Crippen LogP contribution in [0.2, 0.25) is 0 Å². The number of piperazine rings is 1. The van der Waals surface area contributed by atoms with Crippen LogP contribution in [0.3, 0.4) is 0 Å². The fraction of sp³-hybridized carbons (Fsp3) is 0.480. The van der Waals surface area contributed by atoms with Crippen molar-refractivity contribution in [2.24, 2.45) is 0 Å². The molecule has 3 rings (SSSR count). The van der Waals surface area contributed by atoms with Crippen molar-refractivity contribution in [1.29, 1.82) is 0 Å². The zero-order valence-corrected chi connectivity index (χ0v) is 22.0. The summed E-state index contributed by atoms with van der Waals surface area (Å²) in [5.41, 5.74) is 1.90. The standard InChI is InChI=1S/C25H34N2O7S/c1-17(20-9-7-18(25(28)34-5)15-22(20)35(6,29)30)27-13-11-26(12-14-27)16-19-8-10-21(31-2)24(33-4)23(19)32-3/h7-10,15,17H,11-14,16H2,1-6H3. The molecule has 0 N–H and O–H groups in total. The smallest absolute Gasteiger partial charge is 0.337 e. The van der Waals surface area contributed by atoms with Crippen LogP contribution in [-0.4, -0.2) is 85.1 Å². The summed E-state index contributed by atoms with van der Waals surface area (Å²) in [5, 5.41) is 0. The second kappa shape index (κ2) is 11.3. The third-order valence-corrected chi connectivity index (χ3v) is 7.57. The number of carbonyl (C=O) groups is 1. The zero-order chi connectivity index (χ0) is 25.8. The summed E-state index contributed by atoms with van der Waals surface area (Å²) in [6.45, 7) is 5.81. The molecule has 0 bridgehead atoms. The Balaban J connectivity index is 1.75. The quantitative estimate of drug-likeness (QED) is 0.476. The summed E-state index contributed by atoms with van der Waals surface area (Å²) in [7, 11) is 2.54. The van der Waals surface area contributed by atoms with Crippen LogP contribution in [0, 0.1) is 0 Å². The van der Waals surface area contributed by atoms with Gasteiger partial charge >= 0.3 is 5.97 Å². The number of ether oxygens (including phenoxy) is 4. The van der Waals surface area contributed by atoms with E-state index in [2.05, 4.69) is 9.80 Å². The van der Waals surface area contributed by atoms with Gasteiger partial charge in [0.2, 0.25) is 5.75 Å². The molecule has 0 amide bonds. The summed E-state index contributed by atoms with van der Waals surface area (Å²) in [6.07, 6.45) is 1.16. The van der Waals surface area contributed by atoms with Crippen LogP contribution in [0.4, 0.5) is 0 Å². The van der Waals surface area contributed by atoms with Gasteiger partial charge in [-0.3, -0.25) is 9.80 Å². The number of methoxy groups -OCH3 is 4. The SMILES string of the molecule is COC(=O)c1ccc(C(C)N2CCN(Cc3ccc(OC)c(OC)c3OC)CC2)c(S(C)(=O)=O)c1. The Morgan fingerprint density at radius 2 is 1.60 bits per heavy atom. The van der Waals surface area contributed by atoms with Crippen molar-refractivity contribution in [2.45, 2.75) is 24.4 Å². The Morgan fingerprint density at radius 3 is 2.14 bits per heavy atom. The molecular formula is C25H34N2O7S. The van der Waals surface area contributed by atoms with E-state index in [0.717, 1.165) is 38.0 Å². The first-order valence-corrected chi connectivity index (χ1v) is 13.2. The van der Waals surface area contributed by atoms with E-state index >= 15 is 0 Å². The third kappa shape index (κ3) is 5.88. The first-order chi connectivity index (χ1) is 16.6. The summed E-state index contributed by atoms with van der Waals surface area (Å²) < 4.78 is 46.3. The van der Waals surface area contributed by atoms with E-state index in [1.807, 2.05) is 19.1 Å². The third-order valence-electron chi connectivity index (χ3n) is 6.42. The molecule has 10 heteroatoms. The summed E-state index contributed by atoms with van der Waals surface area (Å²) in [5.74, 6) is 1.29. The maximum Gasteiger partial charge on any atom is 0.337 e. The highest BCUT2D eigenvalue weighted by molar-refractivity contribution is 7.90. The minimum absolute atomic E-state index is 0.135. The molecule has 192 valence electrons. The number of rotatable bonds is 9. The van der Waals surface area contributed by atoms with Gasteiger partial charge in [0.15, 0.2) is 21.3 Å². The summed E-state index contributed by atoms with van der Waals surface area (Å²) in [4.78, 5) is 16.7. The second-order valence-corrected chi connectivity index (χ2v) is 10.5.